The molecule has 7 nitrogen and oxygen atoms in total. The molecule has 7 atom stereocenters. The van der Waals surface area contributed by atoms with Crippen molar-refractivity contribution in [3.8, 4) is 0 Å². The van der Waals surface area contributed by atoms with Gasteiger partial charge in [-0.25, -0.2) is 0 Å². The van der Waals surface area contributed by atoms with E-state index in [1.165, 1.54) is 6.42 Å². The van der Waals surface area contributed by atoms with Crippen molar-refractivity contribution in [2.24, 2.45) is 5.92 Å². The zero-order valence-corrected chi connectivity index (χ0v) is 14.6. The lowest BCUT2D eigenvalue weighted by atomic mass is 9.77. The summed E-state index contributed by atoms with van der Waals surface area (Å²) in [4.78, 5) is 0. The Hall–Kier alpha value is -0.280. The number of hydrogen-bond acceptors (Lipinski definition) is 7. The molecule has 6 unspecified atom stereocenters. The molecule has 0 spiro atoms. The highest BCUT2D eigenvalue weighted by molar-refractivity contribution is 5.01. The molecule has 24 heavy (non-hydrogen) atoms. The first-order valence-electron chi connectivity index (χ1n) is 9.65. The molecule has 4 fully saturated rings. The summed E-state index contributed by atoms with van der Waals surface area (Å²) in [6.45, 7) is 5.22. The van der Waals surface area contributed by atoms with Crippen LogP contribution in [-0.2, 0) is 14.2 Å². The third-order valence-corrected chi connectivity index (χ3v) is 5.84. The lowest BCUT2D eigenvalue weighted by Crippen LogP contribution is -2.62. The van der Waals surface area contributed by atoms with E-state index in [1.54, 1.807) is 0 Å². The zero-order chi connectivity index (χ0) is 16.4. The van der Waals surface area contributed by atoms with Crippen LogP contribution in [0.5, 0.6) is 0 Å². The van der Waals surface area contributed by atoms with E-state index < -0.39 is 0 Å². The summed E-state index contributed by atoms with van der Waals surface area (Å²) >= 11 is 0. The number of fused-ring (bicyclic) bond motifs is 4. The summed E-state index contributed by atoms with van der Waals surface area (Å²) in [6, 6.07) is 1.42. The summed E-state index contributed by atoms with van der Waals surface area (Å²) in [7, 11) is 0. The molecule has 1 saturated carbocycles. The van der Waals surface area contributed by atoms with Gasteiger partial charge < -0.3 is 14.2 Å². The van der Waals surface area contributed by atoms with Crippen molar-refractivity contribution in [2.75, 3.05) is 26.4 Å². The Morgan fingerprint density at radius 3 is 2.92 bits per heavy atom. The second-order valence-electron chi connectivity index (χ2n) is 7.66. The fourth-order valence-corrected chi connectivity index (χ4v) is 4.61. The summed E-state index contributed by atoms with van der Waals surface area (Å²) < 4.78 is 18.0. The number of nitrogens with one attached hydrogen (secondary N) is 4. The normalized spacial score (nSPS) is 47.6. The fourth-order valence-electron chi connectivity index (χ4n) is 4.61. The maximum Gasteiger partial charge on any atom is 0.164 e. The van der Waals surface area contributed by atoms with Gasteiger partial charge in [-0.1, -0.05) is 0 Å². The Morgan fingerprint density at radius 1 is 1.00 bits per heavy atom. The van der Waals surface area contributed by atoms with E-state index >= 15 is 0 Å². The molecule has 4 bridgehead atoms. The van der Waals surface area contributed by atoms with Gasteiger partial charge in [-0.15, -0.1) is 0 Å². The SMILES string of the molecule is C[C@@H]1COCCCOC2CCC3NNC(C4CCNC(N4)O1)C3C2. The lowest BCUT2D eigenvalue weighted by Gasteiger charge is -2.40. The monoisotopic (exact) mass is 340 g/mol. The summed E-state index contributed by atoms with van der Waals surface area (Å²) in [6.07, 6.45) is 5.93. The highest BCUT2D eigenvalue weighted by Crippen LogP contribution is 2.34. The molecule has 4 aliphatic rings. The van der Waals surface area contributed by atoms with Gasteiger partial charge in [-0.05, 0) is 44.9 Å². The lowest BCUT2D eigenvalue weighted by molar-refractivity contribution is -0.0890. The van der Waals surface area contributed by atoms with Crippen LogP contribution >= 0.6 is 0 Å². The molecule has 7 heteroatoms. The van der Waals surface area contributed by atoms with E-state index in [-0.39, 0.29) is 12.5 Å². The van der Waals surface area contributed by atoms with Crippen LogP contribution in [-0.4, -0.2) is 63.1 Å². The molecule has 1 aliphatic carbocycles. The maximum absolute atomic E-state index is 6.14. The number of ether oxygens (including phenoxy) is 3. The van der Waals surface area contributed by atoms with Crippen LogP contribution in [0, 0.1) is 5.92 Å². The standard InChI is InChI=1S/C17H32N4O3/c1-11-10-22-7-2-8-23-12-3-4-14-13(9-12)16(21-20-14)15-5-6-18-17(19-15)24-11/h11-21H,2-10H2,1H3/t11-,12?,13?,14?,15?,16?,17?/m1/s1. The average molecular weight is 340 g/mol. The van der Waals surface area contributed by atoms with Crippen LogP contribution in [0.25, 0.3) is 0 Å². The molecule has 3 aliphatic heterocycles. The van der Waals surface area contributed by atoms with E-state index in [4.69, 9.17) is 14.2 Å². The third kappa shape index (κ3) is 3.93. The molecule has 138 valence electrons. The smallest absolute Gasteiger partial charge is 0.164 e. The maximum atomic E-state index is 6.14. The van der Waals surface area contributed by atoms with Crippen LogP contribution in [0.15, 0.2) is 0 Å². The Morgan fingerprint density at radius 2 is 1.96 bits per heavy atom. The highest BCUT2D eigenvalue weighted by Gasteiger charge is 2.44. The average Bonchev–Trinajstić information content (AvgIpc) is 3.00. The van der Waals surface area contributed by atoms with Crippen molar-refractivity contribution in [2.45, 2.75) is 75.7 Å². The van der Waals surface area contributed by atoms with E-state index in [1.807, 2.05) is 0 Å². The van der Waals surface area contributed by atoms with Gasteiger partial charge in [-0.3, -0.25) is 21.5 Å². The first kappa shape index (κ1) is 17.1. The van der Waals surface area contributed by atoms with Crippen molar-refractivity contribution in [3.05, 3.63) is 0 Å². The van der Waals surface area contributed by atoms with Gasteiger partial charge in [0.15, 0.2) is 6.35 Å². The minimum absolute atomic E-state index is 0.0708. The van der Waals surface area contributed by atoms with E-state index in [0.717, 1.165) is 45.4 Å². The van der Waals surface area contributed by atoms with Gasteiger partial charge in [0.05, 0.1) is 18.8 Å². The number of hydrazine groups is 1. The third-order valence-electron chi connectivity index (χ3n) is 5.84. The van der Waals surface area contributed by atoms with Crippen molar-refractivity contribution in [3.63, 3.8) is 0 Å². The Bertz CT molecular complexity index is 413. The minimum atomic E-state index is -0.0936. The molecule has 0 aromatic carbocycles. The van der Waals surface area contributed by atoms with Gasteiger partial charge in [0.2, 0.25) is 0 Å². The van der Waals surface area contributed by atoms with Crippen LogP contribution in [0.2, 0.25) is 0 Å². The second-order valence-corrected chi connectivity index (χ2v) is 7.66. The van der Waals surface area contributed by atoms with E-state index in [9.17, 15) is 0 Å². The number of rotatable bonds is 0. The van der Waals surface area contributed by atoms with Crippen LogP contribution < -0.4 is 21.5 Å². The van der Waals surface area contributed by atoms with E-state index in [0.29, 0.717) is 36.8 Å². The molecule has 4 rings (SSSR count). The van der Waals surface area contributed by atoms with Crippen molar-refractivity contribution >= 4 is 0 Å². The molecular weight excluding hydrogens is 308 g/mol. The first-order valence-corrected chi connectivity index (χ1v) is 9.65. The Balaban J connectivity index is 1.46. The van der Waals surface area contributed by atoms with Crippen LogP contribution in [0.4, 0.5) is 0 Å². The largest absolute Gasteiger partial charge is 0.379 e. The van der Waals surface area contributed by atoms with Gasteiger partial charge in [-0.2, -0.15) is 0 Å². The first-order chi connectivity index (χ1) is 11.8. The predicted octanol–water partition coefficient (Wildman–Crippen LogP) is 0.0772. The number of hydrogen-bond donors (Lipinski definition) is 4. The molecular formula is C17H32N4O3. The Kier molecular flexibility index (Phi) is 5.68. The predicted molar refractivity (Wildman–Crippen MR) is 90.2 cm³/mol. The van der Waals surface area contributed by atoms with Crippen molar-refractivity contribution in [1.29, 1.82) is 0 Å². The van der Waals surface area contributed by atoms with Gasteiger partial charge in [0, 0.05) is 37.9 Å². The molecule has 0 radical (unpaired) electrons. The fraction of sp³-hybridized carbons (Fsp3) is 1.00. The van der Waals surface area contributed by atoms with Crippen molar-refractivity contribution in [1.82, 2.24) is 21.5 Å². The van der Waals surface area contributed by atoms with Gasteiger partial charge in [0.25, 0.3) is 0 Å². The highest BCUT2D eigenvalue weighted by atomic mass is 16.6. The molecule has 0 amide bonds. The summed E-state index contributed by atoms with van der Waals surface area (Å²) in [5.74, 6) is 0.624. The summed E-state index contributed by atoms with van der Waals surface area (Å²) in [5, 5.41) is 7.08. The molecule has 4 N–H and O–H groups in total. The molecule has 0 aromatic rings. The molecule has 3 heterocycles. The van der Waals surface area contributed by atoms with Gasteiger partial charge >= 0.3 is 0 Å². The summed E-state index contributed by atoms with van der Waals surface area (Å²) in [5.41, 5.74) is 7.10. The molecule has 3 saturated heterocycles. The van der Waals surface area contributed by atoms with Crippen LogP contribution in [0.3, 0.4) is 0 Å². The Labute approximate surface area is 144 Å². The van der Waals surface area contributed by atoms with Gasteiger partial charge in [0.1, 0.15) is 0 Å². The van der Waals surface area contributed by atoms with Crippen molar-refractivity contribution < 1.29 is 14.2 Å². The topological polar surface area (TPSA) is 75.8 Å². The van der Waals surface area contributed by atoms with E-state index in [2.05, 4.69) is 28.4 Å². The second kappa shape index (κ2) is 7.95. The quantitative estimate of drug-likeness (QED) is 0.497. The van der Waals surface area contributed by atoms with Crippen LogP contribution in [0.1, 0.15) is 39.0 Å². The zero-order valence-electron chi connectivity index (χ0n) is 14.6. The molecule has 0 aromatic heterocycles. The minimum Gasteiger partial charge on any atom is -0.379 e.